The summed E-state index contributed by atoms with van der Waals surface area (Å²) in [5, 5.41) is 13.3. The zero-order chi connectivity index (χ0) is 22.7. The molecule has 2 heterocycles. The van der Waals surface area contributed by atoms with Gasteiger partial charge < -0.3 is 9.47 Å². The Morgan fingerprint density at radius 2 is 2.12 bits per heavy atom. The van der Waals surface area contributed by atoms with Gasteiger partial charge in [-0.1, -0.05) is 6.08 Å². The summed E-state index contributed by atoms with van der Waals surface area (Å²) >= 11 is 0. The first-order valence-corrected chi connectivity index (χ1v) is 10.5. The number of hydrogen-bond donors (Lipinski definition) is 0. The topological polar surface area (TPSA) is 62.7 Å². The summed E-state index contributed by atoms with van der Waals surface area (Å²) in [6.07, 6.45) is 6.29. The van der Waals surface area contributed by atoms with Crippen molar-refractivity contribution in [1.29, 1.82) is 5.26 Å². The van der Waals surface area contributed by atoms with E-state index in [1.807, 2.05) is 35.0 Å². The third kappa shape index (κ3) is 4.40. The van der Waals surface area contributed by atoms with Crippen molar-refractivity contribution in [2.45, 2.75) is 45.1 Å². The van der Waals surface area contributed by atoms with Gasteiger partial charge in [0.1, 0.15) is 0 Å². The fourth-order valence-corrected chi connectivity index (χ4v) is 4.25. The third-order valence-electron chi connectivity index (χ3n) is 5.80. The standard InChI is InChI=1S/C23H23F3N6/c1-2-32(20-7-5-18(14-27)21(13-20)23(24,25)26)19-6-4-17(12-19)22-15-28-16-30(22)10-11-31-9-3-8-29-31/h3-5,7-9,13,15-16,19H,2,6,10-12H2,1H3. The Bertz CT molecular complexity index is 1140. The third-order valence-corrected chi connectivity index (χ3v) is 5.80. The van der Waals surface area contributed by atoms with Gasteiger partial charge in [-0.15, -0.1) is 0 Å². The number of nitrogens with zero attached hydrogens (tertiary/aromatic N) is 6. The Morgan fingerprint density at radius 1 is 1.28 bits per heavy atom. The van der Waals surface area contributed by atoms with Crippen molar-refractivity contribution in [2.75, 3.05) is 11.4 Å². The van der Waals surface area contributed by atoms with Crippen molar-refractivity contribution in [3.8, 4) is 6.07 Å². The van der Waals surface area contributed by atoms with Gasteiger partial charge in [-0.25, -0.2) is 4.98 Å². The summed E-state index contributed by atoms with van der Waals surface area (Å²) in [4.78, 5) is 6.27. The second kappa shape index (κ2) is 8.91. The van der Waals surface area contributed by atoms with Crippen LogP contribution < -0.4 is 4.90 Å². The fraction of sp³-hybridized carbons (Fsp3) is 0.348. The number of anilines is 1. The molecule has 9 heteroatoms. The monoisotopic (exact) mass is 440 g/mol. The van der Waals surface area contributed by atoms with Gasteiger partial charge in [0.05, 0.1) is 42.0 Å². The molecule has 0 radical (unpaired) electrons. The summed E-state index contributed by atoms with van der Waals surface area (Å²) in [5.74, 6) is 0. The molecule has 32 heavy (non-hydrogen) atoms. The first-order valence-electron chi connectivity index (χ1n) is 10.5. The molecule has 3 aromatic rings. The highest BCUT2D eigenvalue weighted by Crippen LogP contribution is 2.37. The maximum absolute atomic E-state index is 13.4. The van der Waals surface area contributed by atoms with Gasteiger partial charge in [-0.3, -0.25) is 4.68 Å². The molecule has 0 bridgehead atoms. The Morgan fingerprint density at radius 3 is 2.81 bits per heavy atom. The number of aryl methyl sites for hydroxylation is 2. The summed E-state index contributed by atoms with van der Waals surface area (Å²) in [6, 6.07) is 7.52. The zero-order valence-electron chi connectivity index (χ0n) is 17.6. The van der Waals surface area contributed by atoms with E-state index in [1.54, 1.807) is 24.7 Å². The first kappa shape index (κ1) is 21.7. The van der Waals surface area contributed by atoms with Crippen LogP contribution in [-0.2, 0) is 19.3 Å². The average molecular weight is 440 g/mol. The highest BCUT2D eigenvalue weighted by atomic mass is 19.4. The van der Waals surface area contributed by atoms with Crippen molar-refractivity contribution in [3.05, 3.63) is 72.1 Å². The molecule has 1 aromatic carbocycles. The SMILES string of the molecule is CCN(c1ccc(C#N)c(C(F)(F)F)c1)C1CC=C(c2cncn2CCn2cccn2)C1. The van der Waals surface area contributed by atoms with Crippen LogP contribution in [0.2, 0.25) is 0 Å². The Balaban J connectivity index is 1.50. The maximum atomic E-state index is 13.4. The maximum Gasteiger partial charge on any atom is 0.417 e. The molecule has 0 spiro atoms. The normalized spacial score (nSPS) is 16.1. The lowest BCUT2D eigenvalue weighted by atomic mass is 10.0. The van der Waals surface area contributed by atoms with Crippen LogP contribution in [0.15, 0.2) is 55.3 Å². The molecule has 4 rings (SSSR count). The quantitative estimate of drug-likeness (QED) is 0.532. The number of rotatable bonds is 7. The van der Waals surface area contributed by atoms with E-state index in [4.69, 9.17) is 5.26 Å². The van der Waals surface area contributed by atoms with E-state index in [0.717, 1.165) is 36.8 Å². The molecule has 2 aromatic heterocycles. The molecule has 0 saturated carbocycles. The van der Waals surface area contributed by atoms with E-state index in [1.165, 1.54) is 6.07 Å². The molecular weight excluding hydrogens is 417 g/mol. The lowest BCUT2D eigenvalue weighted by molar-refractivity contribution is -0.137. The van der Waals surface area contributed by atoms with Gasteiger partial charge in [0.25, 0.3) is 0 Å². The Hall–Kier alpha value is -3.54. The molecule has 0 N–H and O–H groups in total. The molecule has 0 aliphatic heterocycles. The molecule has 0 amide bonds. The zero-order valence-corrected chi connectivity index (χ0v) is 17.6. The molecule has 1 aliphatic carbocycles. The van der Waals surface area contributed by atoms with Crippen molar-refractivity contribution in [3.63, 3.8) is 0 Å². The largest absolute Gasteiger partial charge is 0.417 e. The van der Waals surface area contributed by atoms with E-state index < -0.39 is 11.7 Å². The predicted octanol–water partition coefficient (Wildman–Crippen LogP) is 4.74. The number of alkyl halides is 3. The van der Waals surface area contributed by atoms with E-state index in [0.29, 0.717) is 18.7 Å². The number of aromatic nitrogens is 4. The molecule has 166 valence electrons. The van der Waals surface area contributed by atoms with Gasteiger partial charge in [0.15, 0.2) is 0 Å². The van der Waals surface area contributed by atoms with Crippen molar-refractivity contribution >= 4 is 11.3 Å². The van der Waals surface area contributed by atoms with Crippen LogP contribution >= 0.6 is 0 Å². The second-order valence-electron chi connectivity index (χ2n) is 7.69. The molecule has 1 aliphatic rings. The van der Waals surface area contributed by atoms with Crippen molar-refractivity contribution in [2.24, 2.45) is 0 Å². The van der Waals surface area contributed by atoms with Gasteiger partial charge in [-0.05, 0) is 49.6 Å². The smallest absolute Gasteiger partial charge is 0.368 e. The van der Waals surface area contributed by atoms with E-state index in [2.05, 4.69) is 20.7 Å². The number of hydrogen-bond acceptors (Lipinski definition) is 4. The Kier molecular flexibility index (Phi) is 6.04. The van der Waals surface area contributed by atoms with Crippen LogP contribution in [0.3, 0.4) is 0 Å². The molecular formula is C23H23F3N6. The molecule has 1 unspecified atom stereocenters. The number of benzene rings is 1. The molecule has 0 saturated heterocycles. The van der Waals surface area contributed by atoms with Crippen LogP contribution in [0.4, 0.5) is 18.9 Å². The number of halogens is 3. The van der Waals surface area contributed by atoms with Gasteiger partial charge in [0, 0.05) is 37.2 Å². The van der Waals surface area contributed by atoms with Crippen molar-refractivity contribution < 1.29 is 13.2 Å². The number of imidazole rings is 1. The minimum Gasteiger partial charge on any atom is -0.368 e. The van der Waals surface area contributed by atoms with Crippen molar-refractivity contribution in [1.82, 2.24) is 19.3 Å². The van der Waals surface area contributed by atoms with Crippen LogP contribution in [-0.4, -0.2) is 31.9 Å². The number of nitriles is 1. The highest BCUT2D eigenvalue weighted by Gasteiger charge is 2.35. The lowest BCUT2D eigenvalue weighted by Gasteiger charge is -2.31. The minimum atomic E-state index is -4.57. The summed E-state index contributed by atoms with van der Waals surface area (Å²) in [5.41, 5.74) is 1.38. The minimum absolute atomic E-state index is 0.0403. The van der Waals surface area contributed by atoms with Gasteiger partial charge in [0.2, 0.25) is 0 Å². The van der Waals surface area contributed by atoms with E-state index in [9.17, 15) is 13.2 Å². The van der Waals surface area contributed by atoms with Crippen LogP contribution in [0, 0.1) is 11.3 Å². The van der Waals surface area contributed by atoms with Gasteiger partial charge in [-0.2, -0.15) is 23.5 Å². The second-order valence-corrected chi connectivity index (χ2v) is 7.69. The summed E-state index contributed by atoms with van der Waals surface area (Å²) in [7, 11) is 0. The van der Waals surface area contributed by atoms with Gasteiger partial charge >= 0.3 is 6.18 Å². The molecule has 1 atom stereocenters. The van der Waals surface area contributed by atoms with Crippen LogP contribution in [0.5, 0.6) is 0 Å². The predicted molar refractivity (Wildman–Crippen MR) is 115 cm³/mol. The fourth-order valence-electron chi connectivity index (χ4n) is 4.25. The lowest BCUT2D eigenvalue weighted by Crippen LogP contribution is -2.33. The Labute approximate surface area is 184 Å². The van der Waals surface area contributed by atoms with E-state index in [-0.39, 0.29) is 11.6 Å². The van der Waals surface area contributed by atoms with Crippen LogP contribution in [0.1, 0.15) is 36.6 Å². The summed E-state index contributed by atoms with van der Waals surface area (Å²) in [6.45, 7) is 3.94. The highest BCUT2D eigenvalue weighted by molar-refractivity contribution is 5.67. The average Bonchev–Trinajstić information content (AvgIpc) is 3.53. The molecule has 6 nitrogen and oxygen atoms in total. The van der Waals surface area contributed by atoms with Crippen LogP contribution in [0.25, 0.3) is 5.57 Å². The summed E-state index contributed by atoms with van der Waals surface area (Å²) < 4.78 is 44.2. The van der Waals surface area contributed by atoms with E-state index >= 15 is 0 Å². The first-order chi connectivity index (χ1) is 15.4. The molecule has 0 fully saturated rings.